The number of carbonyl (C=O) groups excluding carboxylic acids is 2. The normalized spacial score (nSPS) is 15.3. The molecule has 1 aliphatic heterocycles. The summed E-state index contributed by atoms with van der Waals surface area (Å²) in [4.78, 5) is 29.3. The van der Waals surface area contributed by atoms with Gasteiger partial charge in [0.1, 0.15) is 11.1 Å². The summed E-state index contributed by atoms with van der Waals surface area (Å²) < 4.78 is 1.86. The second-order valence-corrected chi connectivity index (χ2v) is 10.2. The number of thioether (sulfide) groups is 1. The molecule has 5 rings (SSSR count). The number of rotatable bonds is 6. The predicted molar refractivity (Wildman–Crippen MR) is 148 cm³/mol. The van der Waals surface area contributed by atoms with E-state index in [2.05, 4.69) is 12.2 Å². The summed E-state index contributed by atoms with van der Waals surface area (Å²) >= 11 is 1.43. The molecule has 0 saturated carbocycles. The number of benzene rings is 3. The van der Waals surface area contributed by atoms with Crippen molar-refractivity contribution < 1.29 is 9.59 Å². The van der Waals surface area contributed by atoms with E-state index in [1.807, 2.05) is 97.4 Å². The minimum atomic E-state index is -0.840. The number of nitrogens with zero attached hydrogens (tertiary/aromatic N) is 3. The van der Waals surface area contributed by atoms with Gasteiger partial charge in [0.2, 0.25) is 11.8 Å². The summed E-state index contributed by atoms with van der Waals surface area (Å²) in [6.07, 6.45) is 0.838. The Hall–Kier alpha value is -3.84. The zero-order chi connectivity index (χ0) is 25.9. The summed E-state index contributed by atoms with van der Waals surface area (Å²) in [7, 11) is 0. The molecule has 2 amide bonds. The van der Waals surface area contributed by atoms with Gasteiger partial charge in [0.25, 0.3) is 0 Å². The van der Waals surface area contributed by atoms with Crippen molar-refractivity contribution in [2.45, 2.75) is 44.8 Å². The molecule has 188 valence electrons. The van der Waals surface area contributed by atoms with E-state index in [9.17, 15) is 9.59 Å². The van der Waals surface area contributed by atoms with Crippen molar-refractivity contribution in [3.8, 4) is 5.69 Å². The first-order chi connectivity index (χ1) is 18.0. The average molecular weight is 511 g/mol. The second-order valence-electron chi connectivity index (χ2n) is 9.23. The maximum Gasteiger partial charge on any atom is 0.248 e. The summed E-state index contributed by atoms with van der Waals surface area (Å²) in [5, 5.41) is 8.75. The van der Waals surface area contributed by atoms with Crippen molar-refractivity contribution in [1.82, 2.24) is 15.1 Å². The van der Waals surface area contributed by atoms with Crippen molar-refractivity contribution in [1.29, 1.82) is 0 Å². The lowest BCUT2D eigenvalue weighted by Crippen LogP contribution is -2.44. The van der Waals surface area contributed by atoms with Crippen molar-refractivity contribution >= 4 is 29.3 Å². The number of hydrogen-bond donors (Lipinski definition) is 1. The van der Waals surface area contributed by atoms with Crippen molar-refractivity contribution in [2.75, 3.05) is 10.7 Å². The fourth-order valence-corrected chi connectivity index (χ4v) is 5.73. The van der Waals surface area contributed by atoms with Gasteiger partial charge in [-0.3, -0.25) is 14.5 Å². The van der Waals surface area contributed by atoms with E-state index in [-0.39, 0.29) is 17.6 Å². The molecule has 1 N–H and O–H groups in total. The first-order valence-corrected chi connectivity index (χ1v) is 13.5. The molecule has 1 aromatic heterocycles. The SMILES string of the molecule is CCc1cccc(N2C(=O)CSc3c(c(C)nn3-c3ccccc3)[C@H]2C(=O)NCc2ccc(C)cc2)c1. The molecule has 0 saturated heterocycles. The molecule has 0 aliphatic carbocycles. The number of hydrogen-bond acceptors (Lipinski definition) is 4. The first-order valence-electron chi connectivity index (χ1n) is 12.5. The van der Waals surface area contributed by atoms with E-state index in [1.165, 1.54) is 11.8 Å². The topological polar surface area (TPSA) is 67.2 Å². The molecule has 3 aromatic carbocycles. The van der Waals surface area contributed by atoms with E-state index < -0.39 is 6.04 Å². The van der Waals surface area contributed by atoms with Crippen LogP contribution in [-0.2, 0) is 22.6 Å². The molecule has 0 fully saturated rings. The van der Waals surface area contributed by atoms with E-state index in [4.69, 9.17) is 5.10 Å². The highest BCUT2D eigenvalue weighted by Gasteiger charge is 2.40. The average Bonchev–Trinajstić information content (AvgIpc) is 3.16. The number of anilines is 1. The fraction of sp³-hybridized carbons (Fsp3) is 0.233. The monoisotopic (exact) mass is 510 g/mol. The number of para-hydroxylation sites is 1. The number of fused-ring (bicyclic) bond motifs is 1. The molecule has 0 spiro atoms. The molecule has 2 heterocycles. The van der Waals surface area contributed by atoms with Gasteiger partial charge in [0.05, 0.1) is 17.1 Å². The molecular weight excluding hydrogens is 480 g/mol. The van der Waals surface area contributed by atoms with Crippen LogP contribution in [0.15, 0.2) is 83.9 Å². The maximum absolute atomic E-state index is 14.0. The van der Waals surface area contributed by atoms with Crippen molar-refractivity contribution in [2.24, 2.45) is 0 Å². The van der Waals surface area contributed by atoms with Crippen molar-refractivity contribution in [3.05, 3.63) is 107 Å². The minimum absolute atomic E-state index is 0.107. The molecular formula is C30H30N4O2S. The van der Waals surface area contributed by atoms with Crippen LogP contribution in [0.4, 0.5) is 5.69 Å². The van der Waals surface area contributed by atoms with Crippen LogP contribution in [0.5, 0.6) is 0 Å². The van der Waals surface area contributed by atoms with Gasteiger partial charge in [-0.1, -0.05) is 78.8 Å². The highest BCUT2D eigenvalue weighted by molar-refractivity contribution is 8.00. The van der Waals surface area contributed by atoms with Crippen LogP contribution >= 0.6 is 11.8 Å². The third kappa shape index (κ3) is 5.04. The lowest BCUT2D eigenvalue weighted by atomic mass is 10.0. The van der Waals surface area contributed by atoms with Gasteiger partial charge in [0.15, 0.2) is 0 Å². The minimum Gasteiger partial charge on any atom is -0.350 e. The molecule has 0 unspecified atom stereocenters. The Balaban J connectivity index is 1.61. The van der Waals surface area contributed by atoms with Gasteiger partial charge >= 0.3 is 0 Å². The lowest BCUT2D eigenvalue weighted by molar-refractivity contribution is -0.126. The molecule has 6 nitrogen and oxygen atoms in total. The van der Waals surface area contributed by atoms with Crippen LogP contribution in [0.25, 0.3) is 5.69 Å². The quantitative estimate of drug-likeness (QED) is 0.369. The number of carbonyl (C=O) groups is 2. The van der Waals surface area contributed by atoms with Gasteiger partial charge in [0, 0.05) is 17.8 Å². The Morgan fingerprint density at radius 3 is 2.43 bits per heavy atom. The van der Waals surface area contributed by atoms with Gasteiger partial charge in [-0.25, -0.2) is 4.68 Å². The first kappa shape index (κ1) is 24.8. The van der Waals surface area contributed by atoms with Crippen molar-refractivity contribution in [3.63, 3.8) is 0 Å². The largest absolute Gasteiger partial charge is 0.350 e. The molecule has 7 heteroatoms. The number of aryl methyl sites for hydroxylation is 3. The highest BCUT2D eigenvalue weighted by atomic mass is 32.2. The van der Waals surface area contributed by atoms with Crippen LogP contribution < -0.4 is 10.2 Å². The second kappa shape index (κ2) is 10.6. The Morgan fingerprint density at radius 1 is 0.973 bits per heavy atom. The van der Waals surface area contributed by atoms with Gasteiger partial charge in [-0.2, -0.15) is 5.10 Å². The van der Waals surface area contributed by atoms with E-state index in [0.717, 1.165) is 50.8 Å². The molecule has 1 aliphatic rings. The number of amides is 2. The van der Waals surface area contributed by atoms with E-state index in [0.29, 0.717) is 6.54 Å². The van der Waals surface area contributed by atoms with E-state index >= 15 is 0 Å². The Bertz CT molecular complexity index is 1430. The van der Waals surface area contributed by atoms with Gasteiger partial charge in [-0.15, -0.1) is 0 Å². The van der Waals surface area contributed by atoms with Crippen LogP contribution in [0.3, 0.4) is 0 Å². The predicted octanol–water partition coefficient (Wildman–Crippen LogP) is 5.55. The Morgan fingerprint density at radius 2 is 1.70 bits per heavy atom. The third-order valence-corrected chi connectivity index (χ3v) is 7.69. The molecule has 1 atom stereocenters. The summed E-state index contributed by atoms with van der Waals surface area (Å²) in [6, 6.07) is 25.0. The summed E-state index contributed by atoms with van der Waals surface area (Å²) in [6.45, 7) is 6.40. The summed E-state index contributed by atoms with van der Waals surface area (Å²) in [5.74, 6) is -0.123. The summed E-state index contributed by atoms with van der Waals surface area (Å²) in [5.41, 5.74) is 6.39. The molecule has 0 radical (unpaired) electrons. The highest BCUT2D eigenvalue weighted by Crippen LogP contribution is 2.41. The smallest absolute Gasteiger partial charge is 0.248 e. The van der Waals surface area contributed by atoms with Crippen LogP contribution in [0.2, 0.25) is 0 Å². The molecule has 4 aromatic rings. The zero-order valence-electron chi connectivity index (χ0n) is 21.3. The number of nitrogens with one attached hydrogen (secondary N) is 1. The maximum atomic E-state index is 14.0. The molecule has 37 heavy (non-hydrogen) atoms. The van der Waals surface area contributed by atoms with Gasteiger partial charge in [-0.05, 0) is 55.7 Å². The molecule has 0 bridgehead atoms. The fourth-order valence-electron chi connectivity index (χ4n) is 4.65. The Kier molecular flexibility index (Phi) is 7.15. The standard InChI is InChI=1S/C30H30N4O2S/c1-4-22-9-8-12-25(17-22)33-26(35)19-37-30-27(21(3)32-34(30)24-10-6-5-7-11-24)28(33)29(36)31-18-23-15-13-20(2)14-16-23/h5-17,28H,4,18-19H2,1-3H3,(H,31,36)/t28-/m0/s1. The zero-order valence-corrected chi connectivity index (χ0v) is 22.1. The van der Waals surface area contributed by atoms with E-state index in [1.54, 1.807) is 4.90 Å². The van der Waals surface area contributed by atoms with Crippen LogP contribution in [0.1, 0.15) is 40.9 Å². The third-order valence-electron chi connectivity index (χ3n) is 6.63. The lowest BCUT2D eigenvalue weighted by Gasteiger charge is -2.30. The van der Waals surface area contributed by atoms with Crippen LogP contribution in [-0.4, -0.2) is 27.3 Å². The Labute approximate surface area is 221 Å². The van der Waals surface area contributed by atoms with Gasteiger partial charge < -0.3 is 5.32 Å². The van der Waals surface area contributed by atoms with Crippen LogP contribution in [0, 0.1) is 13.8 Å². The number of aromatic nitrogens is 2.